The standard InChI is InChI=1S/C18H20FN5O2S/c1-11(17-22-20-12(2)26-17)27-18-23-21-16(13-5-7-14(19)8-6-13)24(18)10-15-4-3-9-25-15/h5-8,11,15H,3-4,9-10H2,1-2H3. The fraction of sp³-hybridized carbons (Fsp3) is 0.444. The van der Waals surface area contributed by atoms with Crippen LogP contribution < -0.4 is 0 Å². The predicted molar refractivity (Wildman–Crippen MR) is 97.7 cm³/mol. The van der Waals surface area contributed by atoms with Gasteiger partial charge in [0.25, 0.3) is 0 Å². The van der Waals surface area contributed by atoms with E-state index in [1.807, 2.05) is 11.5 Å². The minimum absolute atomic E-state index is 0.0697. The van der Waals surface area contributed by atoms with Gasteiger partial charge in [-0.15, -0.1) is 20.4 Å². The Morgan fingerprint density at radius 3 is 2.70 bits per heavy atom. The van der Waals surface area contributed by atoms with E-state index in [-0.39, 0.29) is 17.2 Å². The highest BCUT2D eigenvalue weighted by Crippen LogP contribution is 2.35. The summed E-state index contributed by atoms with van der Waals surface area (Å²) in [6.07, 6.45) is 2.18. The van der Waals surface area contributed by atoms with Crippen molar-refractivity contribution >= 4 is 11.8 Å². The van der Waals surface area contributed by atoms with Crippen molar-refractivity contribution in [3.05, 3.63) is 41.9 Å². The molecule has 3 aromatic rings. The molecule has 7 nitrogen and oxygen atoms in total. The number of aromatic nitrogens is 5. The van der Waals surface area contributed by atoms with E-state index >= 15 is 0 Å². The first-order valence-corrected chi connectivity index (χ1v) is 9.75. The number of ether oxygens (including phenoxy) is 1. The molecule has 27 heavy (non-hydrogen) atoms. The minimum Gasteiger partial charge on any atom is -0.424 e. The first-order chi connectivity index (χ1) is 13.1. The first-order valence-electron chi connectivity index (χ1n) is 8.87. The Morgan fingerprint density at radius 2 is 2.04 bits per heavy atom. The van der Waals surface area contributed by atoms with Gasteiger partial charge in [0.15, 0.2) is 11.0 Å². The van der Waals surface area contributed by atoms with Crippen molar-refractivity contribution in [2.24, 2.45) is 0 Å². The van der Waals surface area contributed by atoms with Crippen LogP contribution in [-0.2, 0) is 11.3 Å². The Labute approximate surface area is 160 Å². The quantitative estimate of drug-likeness (QED) is 0.593. The largest absolute Gasteiger partial charge is 0.424 e. The van der Waals surface area contributed by atoms with Crippen molar-refractivity contribution in [2.45, 2.75) is 49.7 Å². The molecule has 0 amide bonds. The fourth-order valence-corrected chi connectivity index (χ4v) is 3.92. The molecule has 1 aliphatic heterocycles. The normalized spacial score (nSPS) is 18.1. The van der Waals surface area contributed by atoms with Crippen LogP contribution in [0.15, 0.2) is 33.8 Å². The third-order valence-electron chi connectivity index (χ3n) is 4.40. The Morgan fingerprint density at radius 1 is 1.22 bits per heavy atom. The van der Waals surface area contributed by atoms with E-state index in [0.717, 1.165) is 30.2 Å². The zero-order valence-electron chi connectivity index (χ0n) is 15.1. The van der Waals surface area contributed by atoms with E-state index in [0.29, 0.717) is 24.2 Å². The molecule has 0 radical (unpaired) electrons. The zero-order chi connectivity index (χ0) is 18.8. The van der Waals surface area contributed by atoms with Gasteiger partial charge >= 0.3 is 0 Å². The van der Waals surface area contributed by atoms with Crippen LogP contribution in [0.3, 0.4) is 0 Å². The highest BCUT2D eigenvalue weighted by Gasteiger charge is 2.24. The predicted octanol–water partition coefficient (Wildman–Crippen LogP) is 3.81. The summed E-state index contributed by atoms with van der Waals surface area (Å²) in [7, 11) is 0. The molecule has 3 heterocycles. The topological polar surface area (TPSA) is 78.9 Å². The number of hydrogen-bond acceptors (Lipinski definition) is 7. The highest BCUT2D eigenvalue weighted by atomic mass is 32.2. The third-order valence-corrected chi connectivity index (χ3v) is 5.47. The van der Waals surface area contributed by atoms with Gasteiger partial charge in [-0.25, -0.2) is 4.39 Å². The molecule has 4 rings (SSSR count). The molecule has 0 spiro atoms. The van der Waals surface area contributed by atoms with Gasteiger partial charge in [-0.3, -0.25) is 4.57 Å². The number of aryl methyl sites for hydroxylation is 1. The Hall–Kier alpha value is -2.26. The molecule has 1 aromatic carbocycles. The summed E-state index contributed by atoms with van der Waals surface area (Å²) in [6, 6.07) is 6.28. The van der Waals surface area contributed by atoms with Crippen LogP contribution in [0.25, 0.3) is 11.4 Å². The molecule has 9 heteroatoms. The molecule has 1 saturated heterocycles. The van der Waals surface area contributed by atoms with Crippen molar-refractivity contribution in [1.82, 2.24) is 25.0 Å². The Kier molecular flexibility index (Phi) is 5.22. The van der Waals surface area contributed by atoms with Gasteiger partial charge in [-0.1, -0.05) is 11.8 Å². The van der Waals surface area contributed by atoms with Gasteiger partial charge in [0.05, 0.1) is 17.9 Å². The third kappa shape index (κ3) is 4.03. The minimum atomic E-state index is -0.279. The zero-order valence-corrected chi connectivity index (χ0v) is 15.9. The Balaban J connectivity index is 1.64. The molecular weight excluding hydrogens is 369 g/mol. The molecular formula is C18H20FN5O2S. The molecule has 1 fully saturated rings. The van der Waals surface area contributed by atoms with Crippen molar-refractivity contribution < 1.29 is 13.5 Å². The maximum Gasteiger partial charge on any atom is 0.229 e. The second-order valence-corrected chi connectivity index (χ2v) is 7.79. The lowest BCUT2D eigenvalue weighted by Gasteiger charge is -2.15. The van der Waals surface area contributed by atoms with Gasteiger partial charge in [-0.05, 0) is 44.0 Å². The van der Waals surface area contributed by atoms with Crippen molar-refractivity contribution in [2.75, 3.05) is 6.61 Å². The van der Waals surface area contributed by atoms with Crippen molar-refractivity contribution in [3.8, 4) is 11.4 Å². The maximum absolute atomic E-state index is 13.3. The molecule has 0 saturated carbocycles. The van der Waals surface area contributed by atoms with E-state index in [2.05, 4.69) is 20.4 Å². The number of halogens is 1. The highest BCUT2D eigenvalue weighted by molar-refractivity contribution is 7.99. The molecule has 0 N–H and O–H groups in total. The lowest BCUT2D eigenvalue weighted by molar-refractivity contribution is 0.0953. The van der Waals surface area contributed by atoms with Crippen molar-refractivity contribution in [3.63, 3.8) is 0 Å². The summed E-state index contributed by atoms with van der Waals surface area (Å²) in [5.74, 6) is 1.50. The lowest BCUT2D eigenvalue weighted by atomic mass is 10.2. The SMILES string of the molecule is Cc1nnc(C(C)Sc2nnc(-c3ccc(F)cc3)n2CC2CCCO2)o1. The van der Waals surface area contributed by atoms with Crippen LogP contribution in [0.5, 0.6) is 0 Å². The van der Waals surface area contributed by atoms with Gasteiger partial charge in [0.2, 0.25) is 11.8 Å². The van der Waals surface area contributed by atoms with E-state index in [1.54, 1.807) is 19.1 Å². The van der Waals surface area contributed by atoms with E-state index < -0.39 is 0 Å². The van der Waals surface area contributed by atoms with Crippen LogP contribution >= 0.6 is 11.8 Å². The average molecular weight is 389 g/mol. The van der Waals surface area contributed by atoms with Crippen LogP contribution in [0.1, 0.15) is 36.8 Å². The monoisotopic (exact) mass is 389 g/mol. The molecule has 142 valence electrons. The smallest absolute Gasteiger partial charge is 0.229 e. The molecule has 0 aliphatic carbocycles. The van der Waals surface area contributed by atoms with Gasteiger partial charge < -0.3 is 9.15 Å². The summed E-state index contributed by atoms with van der Waals surface area (Å²) >= 11 is 1.50. The Bertz CT molecular complexity index is 905. The van der Waals surface area contributed by atoms with E-state index in [9.17, 15) is 4.39 Å². The summed E-state index contributed by atoms with van der Waals surface area (Å²) in [5, 5.41) is 17.4. The second-order valence-electron chi connectivity index (χ2n) is 6.48. The van der Waals surface area contributed by atoms with E-state index in [1.165, 1.54) is 23.9 Å². The molecule has 1 aliphatic rings. The van der Waals surface area contributed by atoms with E-state index in [4.69, 9.17) is 9.15 Å². The first kappa shape index (κ1) is 18.1. The summed E-state index contributed by atoms with van der Waals surface area (Å²) < 4.78 is 26.7. The number of thioether (sulfide) groups is 1. The fourth-order valence-electron chi connectivity index (χ4n) is 3.03. The van der Waals surface area contributed by atoms with Gasteiger partial charge in [0, 0.05) is 19.1 Å². The number of rotatable bonds is 6. The van der Waals surface area contributed by atoms with Crippen LogP contribution in [0.2, 0.25) is 0 Å². The molecule has 2 aromatic heterocycles. The van der Waals surface area contributed by atoms with Crippen LogP contribution in [0, 0.1) is 12.7 Å². The second kappa shape index (κ2) is 7.77. The number of benzene rings is 1. The van der Waals surface area contributed by atoms with Crippen LogP contribution in [-0.4, -0.2) is 37.7 Å². The van der Waals surface area contributed by atoms with Gasteiger partial charge in [0.1, 0.15) is 5.82 Å². The molecule has 0 bridgehead atoms. The summed E-state index contributed by atoms with van der Waals surface area (Å²) in [6.45, 7) is 5.18. The molecule has 2 atom stereocenters. The van der Waals surface area contributed by atoms with Gasteiger partial charge in [-0.2, -0.15) is 0 Å². The summed E-state index contributed by atoms with van der Waals surface area (Å²) in [5.41, 5.74) is 0.815. The van der Waals surface area contributed by atoms with Crippen LogP contribution in [0.4, 0.5) is 4.39 Å². The lowest BCUT2D eigenvalue weighted by Crippen LogP contribution is -2.16. The molecule has 2 unspecified atom stereocenters. The number of nitrogens with zero attached hydrogens (tertiary/aromatic N) is 5. The summed E-state index contributed by atoms with van der Waals surface area (Å²) in [4.78, 5) is 0. The maximum atomic E-state index is 13.3. The van der Waals surface area contributed by atoms with Crippen molar-refractivity contribution in [1.29, 1.82) is 0 Å². The average Bonchev–Trinajstić information content (AvgIpc) is 3.39. The number of hydrogen-bond donors (Lipinski definition) is 0.